The molecule has 1 aliphatic heterocycles. The number of methoxy groups -OCH3 is 1. The normalized spacial score (nSPS) is 19.2. The van der Waals surface area contributed by atoms with E-state index in [1.54, 1.807) is 0 Å². The molecule has 0 unspecified atom stereocenters. The van der Waals surface area contributed by atoms with E-state index in [-0.39, 0.29) is 23.9 Å². The van der Waals surface area contributed by atoms with Crippen molar-refractivity contribution in [3.05, 3.63) is 29.0 Å². The molecule has 0 radical (unpaired) electrons. The Morgan fingerprint density at radius 2 is 2.28 bits per heavy atom. The number of benzene rings is 1. The first kappa shape index (κ1) is 12.8. The highest BCUT2D eigenvalue weighted by Gasteiger charge is 2.35. The first-order chi connectivity index (χ1) is 8.52. The van der Waals surface area contributed by atoms with E-state index in [2.05, 4.69) is 4.74 Å². The number of esters is 1. The van der Waals surface area contributed by atoms with E-state index in [9.17, 15) is 14.0 Å². The molecule has 0 bridgehead atoms. The molecule has 0 saturated carbocycles. The molecule has 0 N–H and O–H groups in total. The molecule has 2 rings (SSSR count). The SMILES string of the molecule is COC(=O)[C@@H]1CC(=O)N(c2ccc(F)c(Cl)c2)C1. The van der Waals surface area contributed by atoms with Gasteiger partial charge in [-0.3, -0.25) is 9.59 Å². The predicted octanol–water partition coefficient (Wildman–Crippen LogP) is 2.00. The van der Waals surface area contributed by atoms with Crippen molar-refractivity contribution in [3.8, 4) is 0 Å². The molecule has 1 aliphatic rings. The number of halogens is 2. The Morgan fingerprint density at radius 3 is 2.89 bits per heavy atom. The van der Waals surface area contributed by atoms with Gasteiger partial charge in [-0.2, -0.15) is 0 Å². The molecule has 1 heterocycles. The summed E-state index contributed by atoms with van der Waals surface area (Å²) in [6, 6.07) is 4.02. The molecule has 4 nitrogen and oxygen atoms in total. The first-order valence-corrected chi connectivity index (χ1v) is 5.74. The summed E-state index contributed by atoms with van der Waals surface area (Å²) in [4.78, 5) is 24.6. The number of carbonyl (C=O) groups is 2. The lowest BCUT2D eigenvalue weighted by molar-refractivity contribution is -0.145. The van der Waals surface area contributed by atoms with Gasteiger partial charge in [0.15, 0.2) is 0 Å². The van der Waals surface area contributed by atoms with Crippen LogP contribution >= 0.6 is 11.6 Å². The molecule has 6 heteroatoms. The molecular weight excluding hydrogens is 261 g/mol. The summed E-state index contributed by atoms with van der Waals surface area (Å²) >= 11 is 5.66. The largest absolute Gasteiger partial charge is 0.469 e. The average Bonchev–Trinajstić information content (AvgIpc) is 2.74. The Morgan fingerprint density at radius 1 is 1.56 bits per heavy atom. The highest BCUT2D eigenvalue weighted by molar-refractivity contribution is 6.31. The summed E-state index contributed by atoms with van der Waals surface area (Å²) in [6.45, 7) is 0.230. The second kappa shape index (κ2) is 4.94. The summed E-state index contributed by atoms with van der Waals surface area (Å²) in [5.41, 5.74) is 0.484. The fourth-order valence-corrected chi connectivity index (χ4v) is 2.11. The van der Waals surface area contributed by atoms with E-state index in [4.69, 9.17) is 11.6 Å². The van der Waals surface area contributed by atoms with Gasteiger partial charge in [-0.15, -0.1) is 0 Å². The van der Waals surface area contributed by atoms with Gasteiger partial charge in [0.05, 0.1) is 18.1 Å². The molecule has 1 fully saturated rings. The van der Waals surface area contributed by atoms with Crippen LogP contribution in [0.2, 0.25) is 5.02 Å². The van der Waals surface area contributed by atoms with Crippen LogP contribution in [0, 0.1) is 11.7 Å². The van der Waals surface area contributed by atoms with E-state index in [1.165, 1.54) is 30.2 Å². The number of carbonyl (C=O) groups excluding carboxylic acids is 2. The number of hydrogen-bond donors (Lipinski definition) is 0. The highest BCUT2D eigenvalue weighted by atomic mass is 35.5. The van der Waals surface area contributed by atoms with E-state index in [0.29, 0.717) is 5.69 Å². The van der Waals surface area contributed by atoms with Gasteiger partial charge in [0.1, 0.15) is 5.82 Å². The fraction of sp³-hybridized carbons (Fsp3) is 0.333. The van der Waals surface area contributed by atoms with Crippen LogP contribution in [0.1, 0.15) is 6.42 Å². The number of anilines is 1. The van der Waals surface area contributed by atoms with E-state index in [1.807, 2.05) is 0 Å². The standard InChI is InChI=1S/C12H11ClFNO3/c1-18-12(17)7-4-11(16)15(6-7)8-2-3-10(14)9(13)5-8/h2-3,5,7H,4,6H2,1H3/t7-/m1/s1. The van der Waals surface area contributed by atoms with Crippen LogP contribution in [-0.2, 0) is 14.3 Å². The van der Waals surface area contributed by atoms with Crippen molar-refractivity contribution in [2.24, 2.45) is 5.92 Å². The molecule has 0 aromatic heterocycles. The smallest absolute Gasteiger partial charge is 0.311 e. The summed E-state index contributed by atoms with van der Waals surface area (Å²) in [5, 5.41) is -0.0539. The molecule has 0 aliphatic carbocycles. The molecule has 1 atom stereocenters. The topological polar surface area (TPSA) is 46.6 Å². The van der Waals surface area contributed by atoms with E-state index in [0.717, 1.165) is 0 Å². The molecule has 1 aromatic rings. The van der Waals surface area contributed by atoms with Gasteiger partial charge in [-0.1, -0.05) is 11.6 Å². The zero-order chi connectivity index (χ0) is 13.3. The second-order valence-corrected chi connectivity index (χ2v) is 4.43. The molecule has 18 heavy (non-hydrogen) atoms. The third-order valence-corrected chi connectivity index (χ3v) is 3.16. The van der Waals surface area contributed by atoms with Crippen molar-refractivity contribution in [3.63, 3.8) is 0 Å². The summed E-state index contributed by atoms with van der Waals surface area (Å²) in [7, 11) is 1.28. The van der Waals surface area contributed by atoms with Gasteiger partial charge in [0.25, 0.3) is 0 Å². The predicted molar refractivity (Wildman–Crippen MR) is 63.9 cm³/mol. The Bertz CT molecular complexity index is 506. The maximum absolute atomic E-state index is 13.0. The zero-order valence-corrected chi connectivity index (χ0v) is 10.4. The minimum atomic E-state index is -0.545. The number of hydrogen-bond acceptors (Lipinski definition) is 3. The molecule has 96 valence electrons. The third kappa shape index (κ3) is 2.31. The Hall–Kier alpha value is -1.62. The Labute approximate surface area is 108 Å². The molecule has 1 amide bonds. The fourth-order valence-electron chi connectivity index (χ4n) is 1.93. The Balaban J connectivity index is 2.21. The Kier molecular flexibility index (Phi) is 3.52. The van der Waals surface area contributed by atoms with Gasteiger partial charge < -0.3 is 9.64 Å². The zero-order valence-electron chi connectivity index (χ0n) is 9.65. The van der Waals surface area contributed by atoms with Crippen LogP contribution in [0.15, 0.2) is 18.2 Å². The minimum Gasteiger partial charge on any atom is -0.469 e. The van der Waals surface area contributed by atoms with Gasteiger partial charge >= 0.3 is 5.97 Å². The number of amides is 1. The third-order valence-electron chi connectivity index (χ3n) is 2.87. The highest BCUT2D eigenvalue weighted by Crippen LogP contribution is 2.28. The van der Waals surface area contributed by atoms with Crippen LogP contribution in [0.25, 0.3) is 0 Å². The lowest BCUT2D eigenvalue weighted by atomic mass is 10.1. The van der Waals surface area contributed by atoms with E-state index >= 15 is 0 Å². The summed E-state index contributed by atoms with van der Waals surface area (Å²) in [6.07, 6.45) is 0.0989. The van der Waals surface area contributed by atoms with Gasteiger partial charge in [-0.25, -0.2) is 4.39 Å². The van der Waals surface area contributed by atoms with Crippen molar-refractivity contribution < 1.29 is 18.7 Å². The number of rotatable bonds is 2. The number of ether oxygens (including phenoxy) is 1. The second-order valence-electron chi connectivity index (χ2n) is 4.03. The molecule has 1 aromatic carbocycles. The molecule has 1 saturated heterocycles. The minimum absolute atomic E-state index is 0.0539. The monoisotopic (exact) mass is 271 g/mol. The van der Waals surface area contributed by atoms with Crippen LogP contribution in [-0.4, -0.2) is 25.5 Å². The quantitative estimate of drug-likeness (QED) is 0.773. The van der Waals surface area contributed by atoms with Gasteiger partial charge in [0, 0.05) is 18.7 Å². The maximum Gasteiger partial charge on any atom is 0.311 e. The van der Waals surface area contributed by atoms with Gasteiger partial charge in [0.2, 0.25) is 5.91 Å². The summed E-state index contributed by atoms with van der Waals surface area (Å²) < 4.78 is 17.6. The number of nitrogens with zero attached hydrogens (tertiary/aromatic N) is 1. The van der Waals surface area contributed by atoms with Crippen LogP contribution in [0.4, 0.5) is 10.1 Å². The van der Waals surface area contributed by atoms with Crippen LogP contribution < -0.4 is 4.90 Å². The molecular formula is C12H11ClFNO3. The van der Waals surface area contributed by atoms with Crippen LogP contribution in [0.5, 0.6) is 0 Å². The average molecular weight is 272 g/mol. The molecule has 0 spiro atoms. The van der Waals surface area contributed by atoms with Crippen molar-refractivity contribution in [2.75, 3.05) is 18.6 Å². The van der Waals surface area contributed by atoms with Crippen molar-refractivity contribution in [1.82, 2.24) is 0 Å². The van der Waals surface area contributed by atoms with Gasteiger partial charge in [-0.05, 0) is 18.2 Å². The lowest BCUT2D eigenvalue weighted by Gasteiger charge is -2.16. The first-order valence-electron chi connectivity index (χ1n) is 5.36. The maximum atomic E-state index is 13.0. The van der Waals surface area contributed by atoms with E-state index < -0.39 is 17.7 Å². The van der Waals surface area contributed by atoms with Crippen molar-refractivity contribution in [1.29, 1.82) is 0 Å². The van der Waals surface area contributed by atoms with Crippen molar-refractivity contribution >= 4 is 29.2 Å². The van der Waals surface area contributed by atoms with Crippen LogP contribution in [0.3, 0.4) is 0 Å². The lowest BCUT2D eigenvalue weighted by Crippen LogP contribution is -2.26. The van der Waals surface area contributed by atoms with Crippen molar-refractivity contribution in [2.45, 2.75) is 6.42 Å². The summed E-state index contributed by atoms with van der Waals surface area (Å²) in [5.74, 6) is -1.64.